The Morgan fingerprint density at radius 1 is 1.35 bits per heavy atom. The first kappa shape index (κ1) is 15.0. The first-order chi connectivity index (χ1) is 9.57. The zero-order chi connectivity index (χ0) is 14.6. The molecule has 2 heterocycles. The van der Waals surface area contributed by atoms with E-state index in [1.54, 1.807) is 6.33 Å². The van der Waals surface area contributed by atoms with Gasteiger partial charge in [-0.3, -0.25) is 0 Å². The monoisotopic (exact) mass is 278 g/mol. The molecule has 0 aliphatic carbocycles. The zero-order valence-corrected chi connectivity index (χ0v) is 13.1. The van der Waals surface area contributed by atoms with E-state index in [1.807, 2.05) is 0 Å². The molecule has 0 unspecified atom stereocenters. The Labute approximate surface area is 121 Å². The van der Waals surface area contributed by atoms with Crippen LogP contribution in [0, 0.1) is 0 Å². The molecule has 5 nitrogen and oxygen atoms in total. The third-order valence-corrected chi connectivity index (χ3v) is 3.49. The highest BCUT2D eigenvalue weighted by Gasteiger charge is 2.29. The van der Waals surface area contributed by atoms with Crippen LogP contribution in [0.15, 0.2) is 6.33 Å². The van der Waals surface area contributed by atoms with E-state index in [0.29, 0.717) is 0 Å². The van der Waals surface area contributed by atoms with Gasteiger partial charge < -0.3 is 15.0 Å². The molecule has 0 atom stereocenters. The van der Waals surface area contributed by atoms with Crippen molar-refractivity contribution in [1.29, 1.82) is 0 Å². The molecular weight excluding hydrogens is 252 g/mol. The number of anilines is 2. The molecule has 0 saturated carbocycles. The summed E-state index contributed by atoms with van der Waals surface area (Å²) in [5.41, 5.74) is 1.11. The summed E-state index contributed by atoms with van der Waals surface area (Å²) in [5, 5.41) is 3.35. The summed E-state index contributed by atoms with van der Waals surface area (Å²) in [5.74, 6) is 2.04. The first-order valence-electron chi connectivity index (χ1n) is 7.54. The molecule has 1 aliphatic rings. The van der Waals surface area contributed by atoms with E-state index in [1.165, 1.54) is 5.56 Å². The summed E-state index contributed by atoms with van der Waals surface area (Å²) in [4.78, 5) is 11.3. The molecule has 0 spiro atoms. The molecule has 1 saturated heterocycles. The lowest BCUT2D eigenvalue weighted by atomic mass is 10.1. The van der Waals surface area contributed by atoms with Crippen molar-refractivity contribution >= 4 is 11.6 Å². The number of nitrogens with one attached hydrogen (secondary N) is 1. The Balaban J connectivity index is 2.32. The Morgan fingerprint density at radius 3 is 2.80 bits per heavy atom. The van der Waals surface area contributed by atoms with Crippen LogP contribution in [-0.2, 0) is 11.2 Å². The van der Waals surface area contributed by atoms with E-state index in [4.69, 9.17) is 4.74 Å². The number of hydrogen-bond donors (Lipinski definition) is 1. The van der Waals surface area contributed by atoms with E-state index in [-0.39, 0.29) is 5.60 Å². The lowest BCUT2D eigenvalue weighted by Crippen LogP contribution is -2.49. The van der Waals surface area contributed by atoms with E-state index in [2.05, 4.69) is 47.9 Å². The van der Waals surface area contributed by atoms with Gasteiger partial charge in [0, 0.05) is 25.2 Å². The normalized spacial score (nSPS) is 18.1. The number of rotatable bonds is 5. The minimum Gasteiger partial charge on any atom is -0.372 e. The summed E-state index contributed by atoms with van der Waals surface area (Å²) in [6.45, 7) is 11.9. The number of aromatic nitrogens is 2. The molecule has 112 valence electrons. The van der Waals surface area contributed by atoms with Crippen LogP contribution in [0.2, 0.25) is 0 Å². The molecule has 1 aliphatic heterocycles. The van der Waals surface area contributed by atoms with Crippen molar-refractivity contribution in [2.24, 2.45) is 0 Å². The largest absolute Gasteiger partial charge is 0.372 e. The fourth-order valence-electron chi connectivity index (χ4n) is 2.67. The minimum absolute atomic E-state index is 0.120. The van der Waals surface area contributed by atoms with Gasteiger partial charge in [0.25, 0.3) is 0 Å². The highest BCUT2D eigenvalue weighted by molar-refractivity contribution is 5.59. The molecule has 1 fully saturated rings. The van der Waals surface area contributed by atoms with E-state index in [9.17, 15) is 0 Å². The molecule has 0 aromatic carbocycles. The van der Waals surface area contributed by atoms with Crippen LogP contribution in [0.1, 0.15) is 39.7 Å². The van der Waals surface area contributed by atoms with Gasteiger partial charge in [-0.2, -0.15) is 0 Å². The fraction of sp³-hybridized carbons (Fsp3) is 0.733. The van der Waals surface area contributed by atoms with Crippen molar-refractivity contribution in [2.45, 2.75) is 46.1 Å². The molecule has 0 radical (unpaired) electrons. The molecule has 20 heavy (non-hydrogen) atoms. The standard InChI is InChI=1S/C15H26N4O/c1-5-7-12-13(16-6-2)17-11-18-14(12)19-8-9-20-15(3,4)10-19/h11H,5-10H2,1-4H3,(H,16,17,18). The Bertz CT molecular complexity index is 447. The maximum atomic E-state index is 5.79. The first-order valence-corrected chi connectivity index (χ1v) is 7.54. The lowest BCUT2D eigenvalue weighted by Gasteiger charge is -2.39. The van der Waals surface area contributed by atoms with Gasteiger partial charge >= 0.3 is 0 Å². The van der Waals surface area contributed by atoms with Gasteiger partial charge in [0.15, 0.2) is 0 Å². The molecule has 5 heteroatoms. The third kappa shape index (κ3) is 3.39. The molecule has 1 N–H and O–H groups in total. The van der Waals surface area contributed by atoms with Crippen LogP contribution < -0.4 is 10.2 Å². The van der Waals surface area contributed by atoms with Crippen LogP contribution in [0.5, 0.6) is 0 Å². The second kappa shape index (κ2) is 6.39. The lowest BCUT2D eigenvalue weighted by molar-refractivity contribution is -0.0279. The van der Waals surface area contributed by atoms with Gasteiger partial charge in [0.05, 0.1) is 12.2 Å². The van der Waals surface area contributed by atoms with Crippen molar-refractivity contribution in [1.82, 2.24) is 9.97 Å². The fourth-order valence-corrected chi connectivity index (χ4v) is 2.67. The van der Waals surface area contributed by atoms with Crippen LogP contribution >= 0.6 is 0 Å². The topological polar surface area (TPSA) is 50.3 Å². The van der Waals surface area contributed by atoms with Crippen molar-refractivity contribution < 1.29 is 4.74 Å². The SMILES string of the molecule is CCCc1c(NCC)ncnc1N1CCOC(C)(C)C1. The van der Waals surface area contributed by atoms with Crippen molar-refractivity contribution in [3.8, 4) is 0 Å². The summed E-state index contributed by atoms with van der Waals surface area (Å²) in [6, 6.07) is 0. The molecule has 1 aromatic heterocycles. The van der Waals surface area contributed by atoms with Crippen molar-refractivity contribution in [3.63, 3.8) is 0 Å². The maximum absolute atomic E-state index is 5.79. The molecular formula is C15H26N4O. The van der Waals surface area contributed by atoms with Gasteiger partial charge in [-0.1, -0.05) is 13.3 Å². The summed E-state index contributed by atoms with van der Waals surface area (Å²) < 4.78 is 5.79. The van der Waals surface area contributed by atoms with Crippen LogP contribution in [0.4, 0.5) is 11.6 Å². The summed E-state index contributed by atoms with van der Waals surface area (Å²) >= 11 is 0. The van der Waals surface area contributed by atoms with E-state index >= 15 is 0 Å². The average Bonchev–Trinajstić information content (AvgIpc) is 2.40. The van der Waals surface area contributed by atoms with Crippen LogP contribution in [0.25, 0.3) is 0 Å². The molecule has 0 amide bonds. The van der Waals surface area contributed by atoms with Crippen molar-refractivity contribution in [3.05, 3.63) is 11.9 Å². The maximum Gasteiger partial charge on any atom is 0.137 e. The van der Waals surface area contributed by atoms with Gasteiger partial charge in [0.2, 0.25) is 0 Å². The number of ether oxygens (including phenoxy) is 1. The minimum atomic E-state index is -0.120. The molecule has 1 aromatic rings. The summed E-state index contributed by atoms with van der Waals surface area (Å²) in [6.07, 6.45) is 3.75. The predicted molar refractivity (Wildman–Crippen MR) is 82.4 cm³/mol. The van der Waals surface area contributed by atoms with Gasteiger partial charge in [-0.05, 0) is 27.2 Å². The second-order valence-electron chi connectivity index (χ2n) is 5.83. The quantitative estimate of drug-likeness (QED) is 0.896. The highest BCUT2D eigenvalue weighted by Crippen LogP contribution is 2.28. The average molecular weight is 278 g/mol. The van der Waals surface area contributed by atoms with Gasteiger partial charge in [0.1, 0.15) is 18.0 Å². The van der Waals surface area contributed by atoms with Crippen LogP contribution in [-0.4, -0.2) is 41.8 Å². The van der Waals surface area contributed by atoms with E-state index in [0.717, 1.165) is 50.7 Å². The Morgan fingerprint density at radius 2 is 2.15 bits per heavy atom. The summed E-state index contributed by atoms with van der Waals surface area (Å²) in [7, 11) is 0. The number of nitrogens with zero attached hydrogens (tertiary/aromatic N) is 3. The number of hydrogen-bond acceptors (Lipinski definition) is 5. The van der Waals surface area contributed by atoms with Crippen LogP contribution in [0.3, 0.4) is 0 Å². The second-order valence-corrected chi connectivity index (χ2v) is 5.83. The predicted octanol–water partition coefficient (Wildman–Crippen LogP) is 2.48. The molecule has 0 bridgehead atoms. The highest BCUT2D eigenvalue weighted by atomic mass is 16.5. The van der Waals surface area contributed by atoms with Crippen molar-refractivity contribution in [2.75, 3.05) is 36.5 Å². The molecule has 2 rings (SSSR count). The number of morpholine rings is 1. The third-order valence-electron chi connectivity index (χ3n) is 3.49. The smallest absolute Gasteiger partial charge is 0.137 e. The van der Waals surface area contributed by atoms with Gasteiger partial charge in [-0.25, -0.2) is 9.97 Å². The van der Waals surface area contributed by atoms with Gasteiger partial charge in [-0.15, -0.1) is 0 Å². The zero-order valence-electron chi connectivity index (χ0n) is 13.1. The Hall–Kier alpha value is -1.36. The Kier molecular flexibility index (Phi) is 4.81. The van der Waals surface area contributed by atoms with E-state index < -0.39 is 0 Å².